The molecule has 1 saturated carbocycles. The van der Waals surface area contributed by atoms with E-state index in [-0.39, 0.29) is 18.8 Å². The van der Waals surface area contributed by atoms with Crippen molar-refractivity contribution in [2.75, 3.05) is 0 Å². The van der Waals surface area contributed by atoms with E-state index in [1.807, 2.05) is 0 Å². The van der Waals surface area contributed by atoms with E-state index in [4.69, 9.17) is 10.8 Å². The molecule has 0 aromatic carbocycles. The molecule has 12 heavy (non-hydrogen) atoms. The lowest BCUT2D eigenvalue weighted by atomic mass is 9.81. The van der Waals surface area contributed by atoms with Crippen LogP contribution in [0.1, 0.15) is 25.7 Å². The Morgan fingerprint density at radius 1 is 1.50 bits per heavy atom. The second-order valence-corrected chi connectivity index (χ2v) is 3.08. The Hall–Kier alpha value is -0.320. The molecular weight excluding hydrogens is 182 g/mol. The van der Waals surface area contributed by atoms with Crippen molar-refractivity contribution >= 4 is 18.4 Å². The molecule has 0 saturated heterocycles. The zero-order chi connectivity index (χ0) is 8.48. The van der Waals surface area contributed by atoms with Crippen molar-refractivity contribution < 1.29 is 15.0 Å². The number of hydrogen-bond acceptors (Lipinski definition) is 3. The van der Waals surface area contributed by atoms with Crippen LogP contribution in [0.3, 0.4) is 0 Å². The van der Waals surface area contributed by atoms with Crippen molar-refractivity contribution in [2.45, 2.75) is 37.3 Å². The van der Waals surface area contributed by atoms with Crippen molar-refractivity contribution in [1.82, 2.24) is 0 Å². The lowest BCUT2D eigenvalue weighted by Gasteiger charge is -2.33. The van der Waals surface area contributed by atoms with Gasteiger partial charge in [0.1, 0.15) is 0 Å². The zero-order valence-electron chi connectivity index (χ0n) is 6.69. The highest BCUT2D eigenvalue weighted by atomic mass is 35.5. The van der Waals surface area contributed by atoms with Gasteiger partial charge in [-0.1, -0.05) is 6.42 Å². The Balaban J connectivity index is 0.00000121. The SMILES string of the molecule is Cl.NC1CCCCC1(O)C(=O)O. The van der Waals surface area contributed by atoms with Gasteiger partial charge in [0.25, 0.3) is 0 Å². The van der Waals surface area contributed by atoms with Crippen LogP contribution in [-0.4, -0.2) is 27.8 Å². The van der Waals surface area contributed by atoms with Crippen molar-refractivity contribution in [3.05, 3.63) is 0 Å². The van der Waals surface area contributed by atoms with Gasteiger partial charge in [-0.05, 0) is 19.3 Å². The standard InChI is InChI=1S/C7H13NO3.ClH/c8-5-3-1-2-4-7(5,11)6(9)10;/h5,11H,1-4,8H2,(H,9,10);1H. The maximum absolute atomic E-state index is 10.6. The fourth-order valence-electron chi connectivity index (χ4n) is 1.45. The van der Waals surface area contributed by atoms with Crippen LogP contribution in [0, 0.1) is 0 Å². The molecule has 0 amide bonds. The van der Waals surface area contributed by atoms with Gasteiger partial charge in [0.15, 0.2) is 5.60 Å². The molecule has 1 aliphatic carbocycles. The van der Waals surface area contributed by atoms with Crippen molar-refractivity contribution in [1.29, 1.82) is 0 Å². The Morgan fingerprint density at radius 3 is 2.42 bits per heavy atom. The number of halogens is 1. The Labute approximate surface area is 77.2 Å². The number of carboxylic acid groups (broad SMARTS) is 1. The van der Waals surface area contributed by atoms with Crippen molar-refractivity contribution in [3.63, 3.8) is 0 Å². The first-order valence-electron chi connectivity index (χ1n) is 3.79. The van der Waals surface area contributed by atoms with E-state index in [1.54, 1.807) is 0 Å². The Kier molecular flexibility index (Phi) is 3.96. The summed E-state index contributed by atoms with van der Waals surface area (Å²) in [5, 5.41) is 18.1. The molecule has 2 unspecified atom stereocenters. The largest absolute Gasteiger partial charge is 0.479 e. The first-order valence-corrected chi connectivity index (χ1v) is 3.79. The number of carbonyl (C=O) groups is 1. The highest BCUT2D eigenvalue weighted by Crippen LogP contribution is 2.27. The highest BCUT2D eigenvalue weighted by Gasteiger charge is 2.43. The molecule has 4 nitrogen and oxygen atoms in total. The highest BCUT2D eigenvalue weighted by molar-refractivity contribution is 5.85. The third kappa shape index (κ3) is 1.88. The lowest BCUT2D eigenvalue weighted by molar-refractivity contribution is -0.163. The third-order valence-corrected chi connectivity index (χ3v) is 2.31. The second-order valence-electron chi connectivity index (χ2n) is 3.08. The van der Waals surface area contributed by atoms with E-state index < -0.39 is 17.6 Å². The van der Waals surface area contributed by atoms with Crippen LogP contribution in [-0.2, 0) is 4.79 Å². The molecule has 0 heterocycles. The van der Waals surface area contributed by atoms with Gasteiger partial charge in [0.05, 0.1) is 0 Å². The van der Waals surface area contributed by atoms with Gasteiger partial charge in [-0.25, -0.2) is 4.79 Å². The maximum Gasteiger partial charge on any atom is 0.337 e. The molecule has 0 bridgehead atoms. The molecule has 0 spiro atoms. The minimum atomic E-state index is -1.67. The molecule has 72 valence electrons. The summed E-state index contributed by atoms with van der Waals surface area (Å²) in [6, 6.07) is -0.603. The lowest BCUT2D eigenvalue weighted by Crippen LogP contribution is -2.55. The smallest absolute Gasteiger partial charge is 0.337 e. The van der Waals surface area contributed by atoms with E-state index in [9.17, 15) is 9.90 Å². The summed E-state index contributed by atoms with van der Waals surface area (Å²) in [4.78, 5) is 10.6. The van der Waals surface area contributed by atoms with E-state index in [0.717, 1.165) is 12.8 Å². The Bertz CT molecular complexity index is 176. The average Bonchev–Trinajstić information content (AvgIpc) is 1.95. The summed E-state index contributed by atoms with van der Waals surface area (Å²) < 4.78 is 0. The topological polar surface area (TPSA) is 83.5 Å². The summed E-state index contributed by atoms with van der Waals surface area (Å²) >= 11 is 0. The number of rotatable bonds is 1. The molecule has 0 aliphatic heterocycles. The molecule has 1 aliphatic rings. The fourth-order valence-corrected chi connectivity index (χ4v) is 1.45. The summed E-state index contributed by atoms with van der Waals surface area (Å²) in [6.45, 7) is 0. The van der Waals surface area contributed by atoms with E-state index >= 15 is 0 Å². The summed E-state index contributed by atoms with van der Waals surface area (Å²) in [6.07, 6.45) is 2.54. The molecule has 4 N–H and O–H groups in total. The van der Waals surface area contributed by atoms with Gasteiger partial charge >= 0.3 is 5.97 Å². The number of nitrogens with two attached hydrogens (primary N) is 1. The minimum Gasteiger partial charge on any atom is -0.479 e. The van der Waals surface area contributed by atoms with Crippen LogP contribution in [0.4, 0.5) is 0 Å². The molecule has 1 fully saturated rings. The first-order chi connectivity index (χ1) is 5.07. The number of aliphatic carboxylic acids is 1. The van der Waals surface area contributed by atoms with Gasteiger partial charge in [0.2, 0.25) is 0 Å². The molecule has 1 rings (SSSR count). The van der Waals surface area contributed by atoms with Crippen LogP contribution in [0.15, 0.2) is 0 Å². The van der Waals surface area contributed by atoms with Crippen molar-refractivity contribution in [3.8, 4) is 0 Å². The maximum atomic E-state index is 10.6. The predicted octanol–water partition coefficient (Wildman–Crippen LogP) is 0.125. The monoisotopic (exact) mass is 195 g/mol. The minimum absolute atomic E-state index is 0. The quantitative estimate of drug-likeness (QED) is 0.555. The van der Waals surface area contributed by atoms with Gasteiger partial charge < -0.3 is 15.9 Å². The molecule has 2 atom stereocenters. The van der Waals surface area contributed by atoms with E-state index in [2.05, 4.69) is 0 Å². The second kappa shape index (κ2) is 4.07. The van der Waals surface area contributed by atoms with Crippen LogP contribution in [0.5, 0.6) is 0 Å². The summed E-state index contributed by atoms with van der Waals surface area (Å²) in [5.74, 6) is -1.19. The molecule has 5 heteroatoms. The van der Waals surface area contributed by atoms with Crippen LogP contribution < -0.4 is 5.73 Å². The van der Waals surface area contributed by atoms with Gasteiger partial charge in [-0.3, -0.25) is 0 Å². The van der Waals surface area contributed by atoms with Gasteiger partial charge in [-0.15, -0.1) is 12.4 Å². The normalized spacial score (nSPS) is 35.3. The predicted molar refractivity (Wildman–Crippen MR) is 46.3 cm³/mol. The Morgan fingerprint density at radius 2 is 2.08 bits per heavy atom. The zero-order valence-corrected chi connectivity index (χ0v) is 7.51. The molecule has 0 aromatic heterocycles. The number of carboxylic acids is 1. The molecule has 0 aromatic rings. The molecular formula is C7H14ClNO3. The van der Waals surface area contributed by atoms with Crippen LogP contribution in [0.2, 0.25) is 0 Å². The fraction of sp³-hybridized carbons (Fsp3) is 0.857. The summed E-state index contributed by atoms with van der Waals surface area (Å²) in [7, 11) is 0. The van der Waals surface area contributed by atoms with Gasteiger partial charge in [-0.2, -0.15) is 0 Å². The van der Waals surface area contributed by atoms with Crippen LogP contribution in [0.25, 0.3) is 0 Å². The van der Waals surface area contributed by atoms with E-state index in [1.165, 1.54) is 0 Å². The van der Waals surface area contributed by atoms with Gasteiger partial charge in [0, 0.05) is 6.04 Å². The average molecular weight is 196 g/mol. The third-order valence-electron chi connectivity index (χ3n) is 2.31. The molecule has 0 radical (unpaired) electrons. The number of aliphatic hydroxyl groups is 1. The summed E-state index contributed by atoms with van der Waals surface area (Å²) in [5.41, 5.74) is 3.81. The van der Waals surface area contributed by atoms with E-state index in [0.29, 0.717) is 6.42 Å². The number of hydrogen-bond donors (Lipinski definition) is 3. The first kappa shape index (κ1) is 11.7. The van der Waals surface area contributed by atoms with Crippen LogP contribution >= 0.6 is 12.4 Å². The van der Waals surface area contributed by atoms with Crippen molar-refractivity contribution in [2.24, 2.45) is 5.73 Å².